The maximum atomic E-state index is 11.5. The Hall–Kier alpha value is -1.26. The molecule has 0 aliphatic heterocycles. The first-order valence-electron chi connectivity index (χ1n) is 4.99. The van der Waals surface area contributed by atoms with Crippen molar-refractivity contribution in [2.75, 3.05) is 13.6 Å². The van der Waals surface area contributed by atoms with E-state index < -0.39 is 5.60 Å². The molecule has 5 heteroatoms. The fourth-order valence-electron chi connectivity index (χ4n) is 0.938. The van der Waals surface area contributed by atoms with Crippen LogP contribution in [-0.4, -0.2) is 36.0 Å². The lowest BCUT2D eigenvalue weighted by Crippen LogP contribution is -2.35. The van der Waals surface area contributed by atoms with Gasteiger partial charge in [-0.1, -0.05) is 0 Å². The predicted molar refractivity (Wildman–Crippen MR) is 60.0 cm³/mol. The Morgan fingerprint density at radius 3 is 2.40 bits per heavy atom. The second-order valence-corrected chi connectivity index (χ2v) is 4.53. The molecule has 0 rings (SSSR count). The van der Waals surface area contributed by atoms with Crippen molar-refractivity contribution < 1.29 is 9.53 Å². The number of rotatable bonds is 4. The van der Waals surface area contributed by atoms with Gasteiger partial charge in [0, 0.05) is 20.0 Å². The maximum absolute atomic E-state index is 11.5. The lowest BCUT2D eigenvalue weighted by molar-refractivity contribution is 0.0298. The summed E-state index contributed by atoms with van der Waals surface area (Å²) >= 11 is 0. The number of hydrogen-bond acceptors (Lipinski definition) is 3. The van der Waals surface area contributed by atoms with Crippen LogP contribution in [0.3, 0.4) is 0 Å². The van der Waals surface area contributed by atoms with E-state index in [0.717, 1.165) is 0 Å². The van der Waals surface area contributed by atoms with Gasteiger partial charge in [-0.15, -0.1) is 0 Å². The molecule has 0 aromatic rings. The molecule has 0 heterocycles. The van der Waals surface area contributed by atoms with Crippen LogP contribution in [0.4, 0.5) is 4.79 Å². The Morgan fingerprint density at radius 2 is 2.00 bits per heavy atom. The van der Waals surface area contributed by atoms with Gasteiger partial charge in [-0.05, 0) is 27.2 Å². The molecular formula is C10H21N3O2. The minimum absolute atomic E-state index is 0.146. The zero-order valence-electron chi connectivity index (χ0n) is 9.96. The molecule has 0 unspecified atom stereocenters. The average Bonchev–Trinajstić information content (AvgIpc) is 1.99. The maximum Gasteiger partial charge on any atom is 0.410 e. The summed E-state index contributed by atoms with van der Waals surface area (Å²) in [5, 5.41) is 7.03. The van der Waals surface area contributed by atoms with E-state index in [-0.39, 0.29) is 11.9 Å². The standard InChI is InChI=1S/C10H21N3O2/c1-10(2,3)15-9(14)13(4)7-5-6-8(11)12/h5-7H2,1-4H3,(H3,11,12). The summed E-state index contributed by atoms with van der Waals surface area (Å²) in [6.45, 7) is 6.03. The summed E-state index contributed by atoms with van der Waals surface area (Å²) in [5.41, 5.74) is 4.74. The van der Waals surface area contributed by atoms with Gasteiger partial charge in [0.2, 0.25) is 0 Å². The number of amides is 1. The van der Waals surface area contributed by atoms with Gasteiger partial charge >= 0.3 is 6.09 Å². The normalized spacial score (nSPS) is 10.9. The molecule has 5 nitrogen and oxygen atoms in total. The minimum atomic E-state index is -0.466. The number of nitrogens with zero attached hydrogens (tertiary/aromatic N) is 1. The van der Waals surface area contributed by atoms with Crippen LogP contribution in [0.5, 0.6) is 0 Å². The zero-order chi connectivity index (χ0) is 12.1. The molecule has 0 saturated carbocycles. The van der Waals surface area contributed by atoms with Crippen LogP contribution in [0.15, 0.2) is 0 Å². The van der Waals surface area contributed by atoms with Gasteiger partial charge in [-0.2, -0.15) is 0 Å². The smallest absolute Gasteiger partial charge is 0.410 e. The second-order valence-electron chi connectivity index (χ2n) is 4.53. The SMILES string of the molecule is CN(CCCC(=N)N)C(=O)OC(C)(C)C. The van der Waals surface area contributed by atoms with Crippen molar-refractivity contribution in [1.29, 1.82) is 5.41 Å². The first kappa shape index (κ1) is 13.7. The molecule has 0 radical (unpaired) electrons. The fraction of sp³-hybridized carbons (Fsp3) is 0.800. The van der Waals surface area contributed by atoms with E-state index in [9.17, 15) is 4.79 Å². The number of carbonyl (C=O) groups excluding carboxylic acids is 1. The molecule has 0 aliphatic rings. The second kappa shape index (κ2) is 5.58. The number of hydrogen-bond donors (Lipinski definition) is 2. The fourth-order valence-corrected chi connectivity index (χ4v) is 0.938. The third kappa shape index (κ3) is 7.78. The summed E-state index contributed by atoms with van der Waals surface area (Å²) in [6, 6.07) is 0. The molecule has 0 aliphatic carbocycles. The Kier molecular flexibility index (Phi) is 5.11. The number of ether oxygens (including phenoxy) is 1. The van der Waals surface area contributed by atoms with Crippen LogP contribution in [-0.2, 0) is 4.74 Å². The van der Waals surface area contributed by atoms with E-state index >= 15 is 0 Å². The van der Waals surface area contributed by atoms with Gasteiger partial charge in [-0.25, -0.2) is 4.79 Å². The van der Waals surface area contributed by atoms with Crippen molar-refractivity contribution in [2.24, 2.45) is 5.73 Å². The Bertz CT molecular complexity index is 233. The highest BCUT2D eigenvalue weighted by Gasteiger charge is 2.18. The van der Waals surface area contributed by atoms with Gasteiger partial charge < -0.3 is 15.4 Å². The summed E-state index contributed by atoms with van der Waals surface area (Å²) in [4.78, 5) is 12.9. The third-order valence-electron chi connectivity index (χ3n) is 1.64. The van der Waals surface area contributed by atoms with Gasteiger partial charge in [0.25, 0.3) is 0 Å². The van der Waals surface area contributed by atoms with Crippen molar-refractivity contribution in [2.45, 2.75) is 39.2 Å². The number of nitrogens with one attached hydrogen (secondary N) is 1. The van der Waals surface area contributed by atoms with Crippen LogP contribution in [0, 0.1) is 5.41 Å². The van der Waals surface area contributed by atoms with Crippen molar-refractivity contribution in [3.63, 3.8) is 0 Å². The van der Waals surface area contributed by atoms with Crippen LogP contribution in [0.2, 0.25) is 0 Å². The molecule has 3 N–H and O–H groups in total. The lowest BCUT2D eigenvalue weighted by Gasteiger charge is -2.24. The van der Waals surface area contributed by atoms with Crippen molar-refractivity contribution in [3.05, 3.63) is 0 Å². The highest BCUT2D eigenvalue weighted by molar-refractivity contribution is 5.76. The van der Waals surface area contributed by atoms with Gasteiger partial charge in [0.15, 0.2) is 0 Å². The summed E-state index contributed by atoms with van der Waals surface area (Å²) in [5.74, 6) is 0.146. The minimum Gasteiger partial charge on any atom is -0.444 e. The summed E-state index contributed by atoms with van der Waals surface area (Å²) in [7, 11) is 1.67. The van der Waals surface area contributed by atoms with Crippen LogP contribution in [0.25, 0.3) is 0 Å². The van der Waals surface area contributed by atoms with Crippen LogP contribution in [0.1, 0.15) is 33.6 Å². The molecule has 0 atom stereocenters. The topological polar surface area (TPSA) is 79.4 Å². The number of amidine groups is 1. The van der Waals surface area contributed by atoms with Crippen LogP contribution >= 0.6 is 0 Å². The highest BCUT2D eigenvalue weighted by atomic mass is 16.6. The van der Waals surface area contributed by atoms with Crippen molar-refractivity contribution >= 4 is 11.9 Å². The van der Waals surface area contributed by atoms with Gasteiger partial charge in [-0.3, -0.25) is 5.41 Å². The largest absolute Gasteiger partial charge is 0.444 e. The first-order chi connectivity index (χ1) is 6.72. The van der Waals surface area contributed by atoms with Gasteiger partial charge in [0.1, 0.15) is 5.60 Å². The Morgan fingerprint density at radius 1 is 1.47 bits per heavy atom. The molecule has 0 saturated heterocycles. The number of carbonyl (C=O) groups is 1. The summed E-state index contributed by atoms with van der Waals surface area (Å²) in [6.07, 6.45) is 0.851. The molecule has 15 heavy (non-hydrogen) atoms. The molecule has 0 bridgehead atoms. The van der Waals surface area contributed by atoms with Crippen LogP contribution < -0.4 is 5.73 Å². The third-order valence-corrected chi connectivity index (χ3v) is 1.64. The molecule has 0 aromatic heterocycles. The lowest BCUT2D eigenvalue weighted by atomic mass is 10.2. The molecular weight excluding hydrogens is 194 g/mol. The molecule has 88 valence electrons. The monoisotopic (exact) mass is 215 g/mol. The van der Waals surface area contributed by atoms with E-state index in [1.54, 1.807) is 7.05 Å². The molecule has 0 fully saturated rings. The quantitative estimate of drug-likeness (QED) is 0.552. The van der Waals surface area contributed by atoms with E-state index in [1.807, 2.05) is 20.8 Å². The predicted octanol–water partition coefficient (Wildman–Crippen LogP) is 1.57. The molecule has 1 amide bonds. The van der Waals surface area contributed by atoms with Crippen molar-refractivity contribution in [1.82, 2.24) is 4.90 Å². The molecule has 0 aromatic carbocycles. The van der Waals surface area contributed by atoms with Crippen molar-refractivity contribution in [3.8, 4) is 0 Å². The van der Waals surface area contributed by atoms with E-state index in [2.05, 4.69) is 0 Å². The average molecular weight is 215 g/mol. The first-order valence-corrected chi connectivity index (χ1v) is 4.99. The van der Waals surface area contributed by atoms with E-state index in [1.165, 1.54) is 4.90 Å². The molecule has 0 spiro atoms. The van der Waals surface area contributed by atoms with E-state index in [4.69, 9.17) is 15.9 Å². The van der Waals surface area contributed by atoms with Gasteiger partial charge in [0.05, 0.1) is 5.84 Å². The highest BCUT2D eigenvalue weighted by Crippen LogP contribution is 2.09. The zero-order valence-corrected chi connectivity index (χ0v) is 9.96. The van der Waals surface area contributed by atoms with E-state index in [0.29, 0.717) is 19.4 Å². The Labute approximate surface area is 91.1 Å². The Balaban J connectivity index is 3.85. The summed E-state index contributed by atoms with van der Waals surface area (Å²) < 4.78 is 5.16. The number of nitrogens with two attached hydrogens (primary N) is 1.